The van der Waals surface area contributed by atoms with E-state index in [9.17, 15) is 14.0 Å². The molecule has 0 saturated carbocycles. The summed E-state index contributed by atoms with van der Waals surface area (Å²) in [6.45, 7) is 5.81. The van der Waals surface area contributed by atoms with Crippen LogP contribution in [0.5, 0.6) is 0 Å². The van der Waals surface area contributed by atoms with Crippen LogP contribution < -0.4 is 11.2 Å². The second kappa shape index (κ2) is 6.54. The van der Waals surface area contributed by atoms with Gasteiger partial charge in [-0.2, -0.15) is 10.1 Å². The number of rotatable bonds is 3. The lowest BCUT2D eigenvalue weighted by atomic mass is 10.2. The Labute approximate surface area is 165 Å². The average molecular weight is 396 g/mol. The van der Waals surface area contributed by atoms with Gasteiger partial charge >= 0.3 is 5.69 Å². The van der Waals surface area contributed by atoms with Crippen molar-refractivity contribution in [1.82, 2.24) is 28.5 Å². The quantitative estimate of drug-likeness (QED) is 0.528. The van der Waals surface area contributed by atoms with Crippen LogP contribution in [0, 0.1) is 26.6 Å². The normalized spacial score (nSPS) is 11.5. The summed E-state index contributed by atoms with van der Waals surface area (Å²) in [5.41, 5.74) is 2.57. The van der Waals surface area contributed by atoms with Gasteiger partial charge in [0.15, 0.2) is 11.2 Å². The van der Waals surface area contributed by atoms with Gasteiger partial charge in [-0.05, 0) is 32.4 Å². The first-order valence-corrected chi connectivity index (χ1v) is 9.15. The molecule has 4 rings (SSSR count). The van der Waals surface area contributed by atoms with Crippen molar-refractivity contribution in [3.63, 3.8) is 0 Å². The van der Waals surface area contributed by atoms with Gasteiger partial charge in [0.1, 0.15) is 5.82 Å². The molecule has 0 aliphatic heterocycles. The molecule has 0 N–H and O–H groups in total. The van der Waals surface area contributed by atoms with E-state index in [0.717, 1.165) is 21.5 Å². The molecular formula is C20H21FN6O2. The van der Waals surface area contributed by atoms with Crippen molar-refractivity contribution >= 4 is 11.2 Å². The molecule has 3 aromatic heterocycles. The highest BCUT2D eigenvalue weighted by Crippen LogP contribution is 2.21. The summed E-state index contributed by atoms with van der Waals surface area (Å²) in [6, 6.07) is 6.37. The molecule has 0 atom stereocenters. The van der Waals surface area contributed by atoms with Gasteiger partial charge in [-0.1, -0.05) is 18.2 Å². The Balaban J connectivity index is 2.12. The Kier molecular flexibility index (Phi) is 4.25. The minimum atomic E-state index is -0.489. The van der Waals surface area contributed by atoms with E-state index in [0.29, 0.717) is 11.5 Å². The van der Waals surface area contributed by atoms with Gasteiger partial charge in [0.2, 0.25) is 5.95 Å². The van der Waals surface area contributed by atoms with Crippen molar-refractivity contribution in [2.75, 3.05) is 0 Å². The summed E-state index contributed by atoms with van der Waals surface area (Å²) in [6.07, 6.45) is 0. The molecule has 1 aromatic carbocycles. The third kappa shape index (κ3) is 2.72. The molecule has 0 unspecified atom stereocenters. The van der Waals surface area contributed by atoms with Crippen LogP contribution in [0.4, 0.5) is 4.39 Å². The zero-order chi connectivity index (χ0) is 21.0. The fourth-order valence-electron chi connectivity index (χ4n) is 3.46. The Hall–Kier alpha value is -3.49. The number of fused-ring (bicyclic) bond motifs is 1. The predicted molar refractivity (Wildman–Crippen MR) is 107 cm³/mol. The third-order valence-corrected chi connectivity index (χ3v) is 5.46. The molecule has 0 spiro atoms. The average Bonchev–Trinajstić information content (AvgIpc) is 3.19. The molecule has 0 aliphatic rings. The van der Waals surface area contributed by atoms with Crippen molar-refractivity contribution in [3.8, 4) is 5.95 Å². The first kappa shape index (κ1) is 18.9. The van der Waals surface area contributed by atoms with Gasteiger partial charge in [-0.25, -0.2) is 13.9 Å². The molecule has 8 nitrogen and oxygen atoms in total. The maximum absolute atomic E-state index is 14.4. The SMILES string of the molecule is Cc1nn(-c2nc3c(c(=O)n(C)c(=O)n3C)n2Cc2ccccc2F)c(C)c1C. The van der Waals surface area contributed by atoms with Crippen LogP contribution in [-0.4, -0.2) is 28.5 Å². The number of aromatic nitrogens is 6. The summed E-state index contributed by atoms with van der Waals surface area (Å²) in [7, 11) is 2.97. The number of aryl methyl sites for hydroxylation is 2. The van der Waals surface area contributed by atoms with Gasteiger partial charge in [0.25, 0.3) is 5.56 Å². The zero-order valence-electron chi connectivity index (χ0n) is 16.9. The zero-order valence-corrected chi connectivity index (χ0v) is 16.9. The topological polar surface area (TPSA) is 79.6 Å². The predicted octanol–water partition coefficient (Wildman–Crippen LogP) is 1.73. The Bertz CT molecular complexity index is 1390. The number of hydrogen-bond acceptors (Lipinski definition) is 4. The van der Waals surface area contributed by atoms with Crippen molar-refractivity contribution < 1.29 is 4.39 Å². The lowest BCUT2D eigenvalue weighted by Crippen LogP contribution is -2.37. The van der Waals surface area contributed by atoms with Crippen LogP contribution in [0.15, 0.2) is 33.9 Å². The number of benzene rings is 1. The summed E-state index contributed by atoms with van der Waals surface area (Å²) in [5, 5.41) is 4.55. The Morgan fingerprint density at radius 2 is 1.72 bits per heavy atom. The lowest BCUT2D eigenvalue weighted by molar-refractivity contribution is 0.596. The Morgan fingerprint density at radius 1 is 1.03 bits per heavy atom. The molecule has 3 heterocycles. The van der Waals surface area contributed by atoms with E-state index >= 15 is 0 Å². The number of hydrogen-bond donors (Lipinski definition) is 0. The van der Waals surface area contributed by atoms with Crippen molar-refractivity contribution in [3.05, 3.63) is 73.4 Å². The van der Waals surface area contributed by atoms with E-state index in [2.05, 4.69) is 10.1 Å². The Morgan fingerprint density at radius 3 is 2.34 bits per heavy atom. The molecule has 0 fully saturated rings. The minimum Gasteiger partial charge on any atom is -0.298 e. The molecule has 150 valence electrons. The van der Waals surface area contributed by atoms with Gasteiger partial charge in [0.05, 0.1) is 12.2 Å². The standard InChI is InChI=1S/C20H21FN6O2/c1-11-12(2)23-27(13(11)3)19-22-17-16(18(28)25(5)20(29)24(17)4)26(19)10-14-8-6-7-9-15(14)21/h6-9H,10H2,1-5H3. The molecule has 4 aromatic rings. The van der Waals surface area contributed by atoms with E-state index in [1.807, 2.05) is 20.8 Å². The van der Waals surface area contributed by atoms with E-state index in [4.69, 9.17) is 0 Å². The highest BCUT2D eigenvalue weighted by atomic mass is 19.1. The van der Waals surface area contributed by atoms with Crippen LogP contribution in [-0.2, 0) is 20.6 Å². The number of nitrogens with zero attached hydrogens (tertiary/aromatic N) is 6. The molecule has 0 bridgehead atoms. The summed E-state index contributed by atoms with van der Waals surface area (Å²) >= 11 is 0. The minimum absolute atomic E-state index is 0.0728. The van der Waals surface area contributed by atoms with Crippen LogP contribution >= 0.6 is 0 Å². The van der Waals surface area contributed by atoms with Crippen LogP contribution in [0.2, 0.25) is 0 Å². The van der Waals surface area contributed by atoms with E-state index in [1.54, 1.807) is 34.5 Å². The molecular weight excluding hydrogens is 375 g/mol. The molecule has 0 aliphatic carbocycles. The van der Waals surface area contributed by atoms with Gasteiger partial charge in [-0.15, -0.1) is 0 Å². The van der Waals surface area contributed by atoms with Crippen molar-refractivity contribution in [2.45, 2.75) is 27.3 Å². The largest absolute Gasteiger partial charge is 0.332 e. The number of imidazole rings is 1. The van der Waals surface area contributed by atoms with E-state index < -0.39 is 11.2 Å². The fraction of sp³-hybridized carbons (Fsp3) is 0.300. The second-order valence-corrected chi connectivity index (χ2v) is 7.17. The number of halogens is 1. The smallest absolute Gasteiger partial charge is 0.298 e. The summed E-state index contributed by atoms with van der Waals surface area (Å²) < 4.78 is 20.0. The fourth-order valence-corrected chi connectivity index (χ4v) is 3.46. The molecule has 0 radical (unpaired) electrons. The molecule has 0 saturated heterocycles. The first-order chi connectivity index (χ1) is 13.7. The van der Waals surface area contributed by atoms with Crippen molar-refractivity contribution in [2.24, 2.45) is 14.1 Å². The summed E-state index contributed by atoms with van der Waals surface area (Å²) in [5.74, 6) is -0.0262. The highest BCUT2D eigenvalue weighted by molar-refractivity contribution is 5.73. The summed E-state index contributed by atoms with van der Waals surface area (Å²) in [4.78, 5) is 29.9. The van der Waals surface area contributed by atoms with Gasteiger partial charge in [-0.3, -0.25) is 18.5 Å². The van der Waals surface area contributed by atoms with E-state index in [1.165, 1.54) is 17.7 Å². The third-order valence-electron chi connectivity index (χ3n) is 5.46. The monoisotopic (exact) mass is 396 g/mol. The molecule has 9 heteroatoms. The molecule has 29 heavy (non-hydrogen) atoms. The lowest BCUT2D eigenvalue weighted by Gasteiger charge is -2.11. The molecule has 0 amide bonds. The van der Waals surface area contributed by atoms with Crippen LogP contribution in [0.25, 0.3) is 17.1 Å². The van der Waals surface area contributed by atoms with Crippen LogP contribution in [0.3, 0.4) is 0 Å². The maximum Gasteiger partial charge on any atom is 0.332 e. The van der Waals surface area contributed by atoms with Gasteiger partial charge in [0, 0.05) is 25.4 Å². The maximum atomic E-state index is 14.4. The van der Waals surface area contributed by atoms with Gasteiger partial charge < -0.3 is 0 Å². The second-order valence-electron chi connectivity index (χ2n) is 7.17. The van der Waals surface area contributed by atoms with Crippen molar-refractivity contribution in [1.29, 1.82) is 0 Å². The first-order valence-electron chi connectivity index (χ1n) is 9.15. The highest BCUT2D eigenvalue weighted by Gasteiger charge is 2.23. The van der Waals surface area contributed by atoms with E-state index in [-0.39, 0.29) is 23.5 Å². The van der Waals surface area contributed by atoms with Crippen LogP contribution in [0.1, 0.15) is 22.5 Å².